The maximum Gasteiger partial charge on any atom is 0.159 e. The molecule has 0 aliphatic rings. The number of nitrogens with zero attached hydrogens (tertiary/aromatic N) is 4. The van der Waals surface area contributed by atoms with Crippen molar-refractivity contribution in [1.82, 2.24) is 18.3 Å². The van der Waals surface area contributed by atoms with Crippen molar-refractivity contribution in [1.29, 1.82) is 0 Å². The van der Waals surface area contributed by atoms with E-state index < -0.39 is 0 Å². The smallest absolute Gasteiger partial charge is 0.159 e. The Morgan fingerprint density at radius 1 is 0.222 bits per heavy atom. The molecule has 72 heavy (non-hydrogen) atoms. The largest absolute Gasteiger partial charge is 0.454 e. The number of rotatable bonds is 4. The Morgan fingerprint density at radius 3 is 0.722 bits per heavy atom. The topological polar surface area (TPSA) is 46.0 Å². The fourth-order valence-electron chi connectivity index (χ4n) is 12.6. The lowest BCUT2D eigenvalue weighted by Gasteiger charge is -2.14. The summed E-state index contributed by atoms with van der Waals surface area (Å²) in [7, 11) is 0. The summed E-state index contributed by atoms with van der Waals surface area (Å²) in [5, 5.41) is 13.7. The van der Waals surface area contributed by atoms with E-state index >= 15 is 0 Å². The van der Waals surface area contributed by atoms with Gasteiger partial charge >= 0.3 is 0 Å². The van der Waals surface area contributed by atoms with Gasteiger partial charge in [-0.3, -0.25) is 0 Å². The Kier molecular flexibility index (Phi) is 7.38. The molecule has 6 nitrogen and oxygen atoms in total. The molecule has 6 heteroatoms. The van der Waals surface area contributed by atoms with E-state index in [9.17, 15) is 0 Å². The molecule has 334 valence electrons. The molecule has 0 radical (unpaired) electrons. The van der Waals surface area contributed by atoms with E-state index in [2.05, 4.69) is 249 Å². The predicted molar refractivity (Wildman–Crippen MR) is 298 cm³/mol. The van der Waals surface area contributed by atoms with E-state index in [1.54, 1.807) is 0 Å². The zero-order chi connectivity index (χ0) is 46.8. The second-order valence-corrected chi connectivity index (χ2v) is 19.2. The molecule has 17 aromatic rings. The normalized spacial score (nSPS) is 12.4. The molecular formula is C66H38N4O2. The van der Waals surface area contributed by atoms with Crippen molar-refractivity contribution in [2.24, 2.45) is 0 Å². The average molecular weight is 919 g/mol. The molecule has 0 saturated carbocycles. The van der Waals surface area contributed by atoms with Crippen molar-refractivity contribution in [2.75, 3.05) is 0 Å². The van der Waals surface area contributed by atoms with E-state index in [0.29, 0.717) is 0 Å². The summed E-state index contributed by atoms with van der Waals surface area (Å²) in [4.78, 5) is 0. The molecule has 0 amide bonds. The summed E-state index contributed by atoms with van der Waals surface area (Å²) in [5.74, 6) is 0. The Morgan fingerprint density at radius 2 is 0.458 bits per heavy atom. The van der Waals surface area contributed by atoms with E-state index in [1.807, 2.05) is 0 Å². The van der Waals surface area contributed by atoms with Gasteiger partial charge < -0.3 is 27.1 Å². The van der Waals surface area contributed by atoms with E-state index in [0.717, 1.165) is 111 Å². The minimum atomic E-state index is 0.794. The van der Waals surface area contributed by atoms with Crippen molar-refractivity contribution in [3.8, 4) is 22.7 Å². The van der Waals surface area contributed by atoms with Gasteiger partial charge in [-0.1, -0.05) is 146 Å². The van der Waals surface area contributed by atoms with Crippen LogP contribution in [0.4, 0.5) is 0 Å². The molecule has 0 N–H and O–H groups in total. The van der Waals surface area contributed by atoms with E-state index in [-0.39, 0.29) is 0 Å². The van der Waals surface area contributed by atoms with Crippen LogP contribution >= 0.6 is 0 Å². The highest BCUT2D eigenvalue weighted by Gasteiger charge is 2.27. The van der Waals surface area contributed by atoms with Gasteiger partial charge in [0, 0.05) is 76.0 Å². The fraction of sp³-hybridized carbons (Fsp3) is 0. The fourth-order valence-corrected chi connectivity index (χ4v) is 12.6. The van der Waals surface area contributed by atoms with Gasteiger partial charge in [-0.2, -0.15) is 0 Å². The second-order valence-electron chi connectivity index (χ2n) is 19.2. The molecule has 0 bridgehead atoms. The van der Waals surface area contributed by atoms with Crippen molar-refractivity contribution in [3.63, 3.8) is 0 Å². The lowest BCUT2D eigenvalue weighted by Crippen LogP contribution is -2.00. The van der Waals surface area contributed by atoms with Crippen molar-refractivity contribution < 1.29 is 8.83 Å². The van der Waals surface area contributed by atoms with Crippen LogP contribution in [0, 0.1) is 0 Å². The molecular weight excluding hydrogens is 881 g/mol. The Labute approximate surface area is 409 Å². The lowest BCUT2D eigenvalue weighted by atomic mass is 10.0. The highest BCUT2D eigenvalue weighted by molar-refractivity contribution is 6.28. The number of furan rings is 2. The van der Waals surface area contributed by atoms with E-state index in [1.165, 1.54) is 43.1 Å². The molecule has 0 aliphatic heterocycles. The molecule has 0 saturated heterocycles. The van der Waals surface area contributed by atoms with Crippen LogP contribution in [0.15, 0.2) is 239 Å². The minimum absolute atomic E-state index is 0.794. The van der Waals surface area contributed by atoms with Crippen molar-refractivity contribution >= 4 is 131 Å². The van der Waals surface area contributed by atoms with Gasteiger partial charge in [-0.05, 0) is 84.9 Å². The second kappa shape index (κ2) is 13.9. The molecule has 0 atom stereocenters. The third-order valence-corrected chi connectivity index (χ3v) is 15.5. The Balaban J connectivity index is 1.07. The maximum absolute atomic E-state index is 7.33. The van der Waals surface area contributed by atoms with Crippen molar-refractivity contribution in [3.05, 3.63) is 231 Å². The highest BCUT2D eigenvalue weighted by atomic mass is 16.3. The number of aromatic nitrogens is 4. The van der Waals surface area contributed by atoms with Crippen LogP contribution < -0.4 is 0 Å². The first-order valence-electron chi connectivity index (χ1n) is 24.6. The highest BCUT2D eigenvalue weighted by Crippen LogP contribution is 2.48. The molecule has 6 aromatic heterocycles. The average Bonchev–Trinajstić information content (AvgIpc) is 4.29. The molecule has 0 aliphatic carbocycles. The first-order valence-corrected chi connectivity index (χ1v) is 24.6. The van der Waals surface area contributed by atoms with Crippen LogP contribution in [0.2, 0.25) is 0 Å². The Hall–Kier alpha value is -9.78. The summed E-state index contributed by atoms with van der Waals surface area (Å²) >= 11 is 0. The SMILES string of the molecule is c1ccc2c(c1)c1ccccc1n2-c1cc(-n2c3ccccc3c3ccccc32)c2oc3ccc4oc5c(-n6c7ccccc7c7ccccc76)cc(-n6c7ccccc7c7ccccc76)cc5c4c3c2c1. The summed E-state index contributed by atoms with van der Waals surface area (Å²) in [5.41, 5.74) is 16.3. The van der Waals surface area contributed by atoms with Gasteiger partial charge in [-0.15, -0.1) is 0 Å². The molecule has 6 heterocycles. The van der Waals surface area contributed by atoms with Gasteiger partial charge in [0.15, 0.2) is 11.2 Å². The van der Waals surface area contributed by atoms with Crippen LogP contribution in [0.25, 0.3) is 154 Å². The standard InChI is InChI=1S/C66H38N4O2/c1-9-25-51-41(17-1)42-18-2-10-26-52(42)67(51)39-35-49-63-61(71-65(49)59(37-39)69-55-29-13-5-21-45(55)46-22-6-14-30-56(46)69)33-34-62-64(63)50-36-40(68-53-27-11-3-19-43(53)44-20-4-12-28-54(44)68)38-60(66(50)72-62)70-57-31-15-7-23-47(57)48-24-8-16-32-58(48)70/h1-38H. The molecule has 11 aromatic carbocycles. The molecule has 0 spiro atoms. The van der Waals surface area contributed by atoms with Gasteiger partial charge in [0.2, 0.25) is 0 Å². The monoisotopic (exact) mass is 918 g/mol. The van der Waals surface area contributed by atoms with Gasteiger partial charge in [-0.25, -0.2) is 0 Å². The molecule has 0 unspecified atom stereocenters. The first kappa shape index (κ1) is 38.1. The van der Waals surface area contributed by atoms with Crippen LogP contribution in [-0.2, 0) is 0 Å². The predicted octanol–water partition coefficient (Wildman–Crippen LogP) is 17.9. The van der Waals surface area contributed by atoms with Crippen LogP contribution in [0.3, 0.4) is 0 Å². The number of fused-ring (bicyclic) bond motifs is 19. The molecule has 0 fully saturated rings. The Bertz CT molecular complexity index is 4650. The third kappa shape index (κ3) is 4.92. The van der Waals surface area contributed by atoms with Crippen LogP contribution in [0.1, 0.15) is 0 Å². The molecule has 17 rings (SSSR count). The number of hydrogen-bond acceptors (Lipinski definition) is 2. The van der Waals surface area contributed by atoms with Gasteiger partial charge in [0.25, 0.3) is 0 Å². The zero-order valence-electron chi connectivity index (χ0n) is 38.5. The first-order chi connectivity index (χ1) is 35.7. The summed E-state index contributed by atoms with van der Waals surface area (Å²) in [6.45, 7) is 0. The van der Waals surface area contributed by atoms with E-state index in [4.69, 9.17) is 8.83 Å². The summed E-state index contributed by atoms with van der Waals surface area (Å²) in [6.07, 6.45) is 0. The minimum Gasteiger partial charge on any atom is -0.454 e. The number of hydrogen-bond donors (Lipinski definition) is 0. The zero-order valence-corrected chi connectivity index (χ0v) is 38.5. The summed E-state index contributed by atoms with van der Waals surface area (Å²) < 4.78 is 24.3. The third-order valence-electron chi connectivity index (χ3n) is 15.5. The van der Waals surface area contributed by atoms with Crippen molar-refractivity contribution in [2.45, 2.75) is 0 Å². The maximum atomic E-state index is 7.33. The van der Waals surface area contributed by atoms with Gasteiger partial charge in [0.05, 0.1) is 55.5 Å². The summed E-state index contributed by atoms with van der Waals surface area (Å²) in [6, 6.07) is 83.4. The quantitative estimate of drug-likeness (QED) is 0.177. The number of para-hydroxylation sites is 8. The number of benzene rings is 11. The van der Waals surface area contributed by atoms with Crippen LogP contribution in [0.5, 0.6) is 0 Å². The van der Waals surface area contributed by atoms with Gasteiger partial charge in [0.1, 0.15) is 11.2 Å². The lowest BCUT2D eigenvalue weighted by molar-refractivity contribution is 0.660. The van der Waals surface area contributed by atoms with Crippen LogP contribution in [-0.4, -0.2) is 18.3 Å².